The zero-order valence-electron chi connectivity index (χ0n) is 15.2. The van der Waals surface area contributed by atoms with E-state index in [-0.39, 0.29) is 37.3 Å². The van der Waals surface area contributed by atoms with Crippen molar-refractivity contribution >= 4 is 30.3 Å². The van der Waals surface area contributed by atoms with E-state index in [0.717, 1.165) is 29.1 Å². The van der Waals surface area contributed by atoms with E-state index in [1.54, 1.807) is 24.3 Å². The monoisotopic (exact) mass is 400 g/mol. The molecule has 2 heterocycles. The highest BCUT2D eigenvalue weighted by Crippen LogP contribution is 2.17. The van der Waals surface area contributed by atoms with Crippen molar-refractivity contribution in [2.75, 3.05) is 6.54 Å². The first kappa shape index (κ1) is 19.9. The Balaban J connectivity index is 0.00000225. The lowest BCUT2D eigenvalue weighted by Gasteiger charge is -2.13. The largest absolute Gasteiger partial charge is 0.348 e. The second-order valence-electron chi connectivity index (χ2n) is 6.73. The maximum absolute atomic E-state index is 12.5. The fourth-order valence-corrected chi connectivity index (χ4v) is 3.35. The Labute approximate surface area is 168 Å². The Kier molecular flexibility index (Phi) is 5.96. The van der Waals surface area contributed by atoms with Crippen molar-refractivity contribution in [3.8, 4) is 0 Å². The summed E-state index contributed by atoms with van der Waals surface area (Å²) in [6.45, 7) is 2.39. The number of amides is 4. The molecule has 7 nitrogen and oxygen atoms in total. The van der Waals surface area contributed by atoms with Gasteiger partial charge in [-0.15, -0.1) is 12.4 Å². The minimum absolute atomic E-state index is 0. The van der Waals surface area contributed by atoms with Crippen LogP contribution in [0.15, 0.2) is 42.5 Å². The minimum atomic E-state index is -0.402. The summed E-state index contributed by atoms with van der Waals surface area (Å²) in [5.74, 6) is -0.450. The van der Waals surface area contributed by atoms with Crippen LogP contribution < -0.4 is 16.0 Å². The van der Waals surface area contributed by atoms with E-state index >= 15 is 0 Å². The number of fused-ring (bicyclic) bond motifs is 1. The third kappa shape index (κ3) is 4.16. The predicted octanol–water partition coefficient (Wildman–Crippen LogP) is 1.69. The highest BCUT2D eigenvalue weighted by molar-refractivity contribution is 6.02. The fourth-order valence-electron chi connectivity index (χ4n) is 3.35. The fraction of sp³-hybridized carbons (Fsp3) is 0.250. The molecular formula is C20H21ClN4O3. The summed E-state index contributed by atoms with van der Waals surface area (Å²) in [6, 6.07) is 12.8. The third-order valence-electron chi connectivity index (χ3n) is 4.82. The van der Waals surface area contributed by atoms with Gasteiger partial charge in [-0.25, -0.2) is 4.79 Å². The number of urea groups is 1. The van der Waals surface area contributed by atoms with Gasteiger partial charge in [-0.1, -0.05) is 30.3 Å². The van der Waals surface area contributed by atoms with Crippen LogP contribution in [0.5, 0.6) is 0 Å². The van der Waals surface area contributed by atoms with Gasteiger partial charge in [0.1, 0.15) is 0 Å². The van der Waals surface area contributed by atoms with Gasteiger partial charge in [0.05, 0.1) is 13.1 Å². The van der Waals surface area contributed by atoms with Crippen LogP contribution >= 0.6 is 12.4 Å². The first-order chi connectivity index (χ1) is 13.1. The lowest BCUT2D eigenvalue weighted by molar-refractivity contribution is -0.125. The van der Waals surface area contributed by atoms with Gasteiger partial charge in [0.2, 0.25) is 5.91 Å². The summed E-state index contributed by atoms with van der Waals surface area (Å²) >= 11 is 0. The highest BCUT2D eigenvalue weighted by Gasteiger charge is 2.28. The first-order valence-electron chi connectivity index (χ1n) is 8.87. The van der Waals surface area contributed by atoms with E-state index < -0.39 is 6.03 Å². The normalized spacial score (nSPS) is 15.1. The highest BCUT2D eigenvalue weighted by atomic mass is 35.5. The van der Waals surface area contributed by atoms with Crippen LogP contribution in [0.3, 0.4) is 0 Å². The van der Waals surface area contributed by atoms with Gasteiger partial charge in [-0.2, -0.15) is 0 Å². The van der Waals surface area contributed by atoms with E-state index in [0.29, 0.717) is 12.1 Å². The van der Waals surface area contributed by atoms with Crippen molar-refractivity contribution in [2.45, 2.75) is 26.2 Å². The Morgan fingerprint density at radius 2 is 1.82 bits per heavy atom. The molecule has 2 aliphatic heterocycles. The van der Waals surface area contributed by atoms with Gasteiger partial charge in [0.15, 0.2) is 0 Å². The van der Waals surface area contributed by atoms with Gasteiger partial charge < -0.3 is 16.0 Å². The molecule has 4 rings (SSSR count). The summed E-state index contributed by atoms with van der Waals surface area (Å²) in [5.41, 5.74) is 4.87. The van der Waals surface area contributed by atoms with Crippen LogP contribution in [0.1, 0.15) is 32.6 Å². The Bertz CT molecular complexity index is 915. The lowest BCUT2D eigenvalue weighted by atomic mass is 10.1. The number of nitrogens with zero attached hydrogens (tertiary/aromatic N) is 1. The molecule has 0 atom stereocenters. The molecule has 1 fully saturated rings. The Morgan fingerprint density at radius 3 is 2.61 bits per heavy atom. The molecule has 0 saturated carbocycles. The molecule has 0 aliphatic carbocycles. The minimum Gasteiger partial charge on any atom is -0.348 e. The first-order valence-corrected chi connectivity index (χ1v) is 8.87. The number of imide groups is 1. The van der Waals surface area contributed by atoms with E-state index in [1.165, 1.54) is 11.1 Å². The zero-order chi connectivity index (χ0) is 18.8. The molecular weight excluding hydrogens is 380 g/mol. The number of halogens is 1. The molecule has 146 valence electrons. The van der Waals surface area contributed by atoms with Crippen LogP contribution in [0.4, 0.5) is 4.79 Å². The number of hydrogen-bond donors (Lipinski definition) is 3. The molecule has 2 aromatic carbocycles. The van der Waals surface area contributed by atoms with E-state index in [9.17, 15) is 14.4 Å². The second kappa shape index (κ2) is 8.41. The van der Waals surface area contributed by atoms with Gasteiger partial charge >= 0.3 is 6.03 Å². The summed E-state index contributed by atoms with van der Waals surface area (Å²) in [6.07, 6.45) is 0. The van der Waals surface area contributed by atoms with Crippen LogP contribution in [-0.2, 0) is 31.0 Å². The third-order valence-corrected chi connectivity index (χ3v) is 4.82. The average molecular weight is 401 g/mol. The molecule has 0 bridgehead atoms. The van der Waals surface area contributed by atoms with Gasteiger partial charge in [-0.3, -0.25) is 14.5 Å². The van der Waals surface area contributed by atoms with Crippen LogP contribution in [0.25, 0.3) is 0 Å². The molecule has 8 heteroatoms. The summed E-state index contributed by atoms with van der Waals surface area (Å²) in [4.78, 5) is 37.0. The van der Waals surface area contributed by atoms with E-state index in [1.807, 2.05) is 6.07 Å². The molecule has 2 aliphatic rings. The maximum atomic E-state index is 12.5. The Morgan fingerprint density at radius 1 is 1.00 bits per heavy atom. The van der Waals surface area contributed by atoms with Crippen LogP contribution in [0, 0.1) is 0 Å². The number of nitrogens with one attached hydrogen (secondary N) is 3. The lowest BCUT2D eigenvalue weighted by Crippen LogP contribution is -2.30. The molecule has 2 aromatic rings. The van der Waals surface area contributed by atoms with Crippen molar-refractivity contribution in [2.24, 2.45) is 0 Å². The molecule has 3 N–H and O–H groups in total. The van der Waals surface area contributed by atoms with Crippen molar-refractivity contribution in [3.63, 3.8) is 0 Å². The molecule has 28 heavy (non-hydrogen) atoms. The van der Waals surface area contributed by atoms with Crippen LogP contribution in [0.2, 0.25) is 0 Å². The maximum Gasteiger partial charge on any atom is 0.324 e. The summed E-state index contributed by atoms with van der Waals surface area (Å²) in [7, 11) is 0. The van der Waals surface area contributed by atoms with Gasteiger partial charge in [0, 0.05) is 25.2 Å². The molecule has 1 saturated heterocycles. The van der Waals surface area contributed by atoms with Crippen molar-refractivity contribution in [1.82, 2.24) is 20.9 Å². The molecule has 0 radical (unpaired) electrons. The quantitative estimate of drug-likeness (QED) is 0.666. The van der Waals surface area contributed by atoms with E-state index in [2.05, 4.69) is 28.1 Å². The van der Waals surface area contributed by atoms with Crippen molar-refractivity contribution in [1.29, 1.82) is 0 Å². The number of hydrogen-bond acceptors (Lipinski definition) is 4. The Hall–Kier alpha value is -2.90. The molecule has 4 amide bonds. The topological polar surface area (TPSA) is 90.5 Å². The number of carbonyl (C=O) groups is 3. The van der Waals surface area contributed by atoms with Crippen molar-refractivity contribution < 1.29 is 14.4 Å². The predicted molar refractivity (Wildman–Crippen MR) is 106 cm³/mol. The molecule has 0 aromatic heterocycles. The zero-order valence-corrected chi connectivity index (χ0v) is 16.0. The van der Waals surface area contributed by atoms with E-state index in [4.69, 9.17) is 0 Å². The average Bonchev–Trinajstić information content (AvgIpc) is 3.27. The standard InChI is InChI=1S/C20H20N4O3.ClH/c25-18-11-23-20(27)24(18)12-14-2-1-3-15(7-14)19(26)22-8-13-4-5-16-9-21-10-17(16)6-13;/h1-7,21H,8-12H2,(H,22,26)(H,23,27);1H. The number of benzene rings is 2. The van der Waals surface area contributed by atoms with Crippen molar-refractivity contribution in [3.05, 3.63) is 70.3 Å². The second-order valence-corrected chi connectivity index (χ2v) is 6.73. The van der Waals surface area contributed by atoms with Gasteiger partial charge in [-0.05, 0) is 34.4 Å². The number of rotatable bonds is 5. The summed E-state index contributed by atoms with van der Waals surface area (Å²) < 4.78 is 0. The molecule has 0 spiro atoms. The summed E-state index contributed by atoms with van der Waals surface area (Å²) in [5, 5.41) is 8.72. The van der Waals surface area contributed by atoms with Gasteiger partial charge in [0.25, 0.3) is 5.91 Å². The molecule has 0 unspecified atom stereocenters. The number of carbonyl (C=O) groups excluding carboxylic acids is 3. The van der Waals surface area contributed by atoms with Crippen LogP contribution in [-0.4, -0.2) is 29.3 Å². The smallest absolute Gasteiger partial charge is 0.324 e. The SMILES string of the molecule is Cl.O=C(NCc1ccc2c(c1)CNC2)c1cccc(CN2C(=O)CNC2=O)c1.